The zero-order valence-corrected chi connectivity index (χ0v) is 21.6. The normalized spacial score (nSPS) is 11.5. The van der Waals surface area contributed by atoms with Crippen molar-refractivity contribution in [1.29, 1.82) is 0 Å². The van der Waals surface area contributed by atoms with Gasteiger partial charge in [0.15, 0.2) is 0 Å². The molecule has 0 radical (unpaired) electrons. The highest BCUT2D eigenvalue weighted by Crippen LogP contribution is 2.34. The van der Waals surface area contributed by atoms with Gasteiger partial charge in [0, 0.05) is 11.5 Å². The first kappa shape index (κ1) is 25.0. The number of nitrogens with one attached hydrogen (secondary N) is 1. The van der Waals surface area contributed by atoms with Crippen LogP contribution in [0.3, 0.4) is 0 Å². The van der Waals surface area contributed by atoms with E-state index in [0.29, 0.717) is 34.3 Å². The van der Waals surface area contributed by atoms with Gasteiger partial charge in [-0.25, -0.2) is 13.4 Å². The molecule has 0 aliphatic carbocycles. The van der Waals surface area contributed by atoms with E-state index in [1.807, 2.05) is 43.3 Å². The number of para-hydroxylation sites is 1. The molecule has 0 fully saturated rings. The molecule has 8 heteroatoms. The number of ether oxygens (including phenoxy) is 2. The second kappa shape index (κ2) is 10.7. The van der Waals surface area contributed by atoms with Gasteiger partial charge in [-0.3, -0.25) is 9.71 Å². The van der Waals surface area contributed by atoms with E-state index in [9.17, 15) is 8.42 Å². The summed E-state index contributed by atoms with van der Waals surface area (Å²) >= 11 is 0. The Labute approximate surface area is 221 Å². The molecule has 0 aliphatic heterocycles. The van der Waals surface area contributed by atoms with E-state index in [1.54, 1.807) is 80.1 Å². The lowest BCUT2D eigenvalue weighted by Crippen LogP contribution is -2.13. The van der Waals surface area contributed by atoms with Crippen LogP contribution in [0.1, 0.15) is 11.3 Å². The lowest BCUT2D eigenvalue weighted by atomic mass is 10.2. The largest absolute Gasteiger partial charge is 0.497 e. The van der Waals surface area contributed by atoms with Crippen LogP contribution >= 0.6 is 0 Å². The van der Waals surface area contributed by atoms with E-state index < -0.39 is 10.0 Å². The SMILES string of the molecule is COc1ccc(Oc2ccc(NS(=O)(=O)c3ccc(C)cc3)c(N=Cc3ccc4ccccc4n3)c2)cc1. The molecule has 5 rings (SSSR count). The average molecular weight is 524 g/mol. The van der Waals surface area contributed by atoms with Gasteiger partial charge in [0.05, 0.1) is 40.8 Å². The van der Waals surface area contributed by atoms with Crippen LogP contribution in [0, 0.1) is 6.92 Å². The molecule has 190 valence electrons. The van der Waals surface area contributed by atoms with E-state index >= 15 is 0 Å². The molecule has 38 heavy (non-hydrogen) atoms. The van der Waals surface area contributed by atoms with E-state index in [1.165, 1.54) is 0 Å². The minimum atomic E-state index is -3.84. The number of hydrogen-bond acceptors (Lipinski definition) is 6. The highest BCUT2D eigenvalue weighted by atomic mass is 32.2. The first-order valence-electron chi connectivity index (χ1n) is 11.8. The Balaban J connectivity index is 1.49. The van der Waals surface area contributed by atoms with E-state index in [0.717, 1.165) is 16.5 Å². The Hall–Kier alpha value is -4.69. The number of rotatable bonds is 8. The van der Waals surface area contributed by atoms with Crippen molar-refractivity contribution in [2.45, 2.75) is 11.8 Å². The molecule has 0 saturated carbocycles. The summed E-state index contributed by atoms with van der Waals surface area (Å²) in [6.07, 6.45) is 1.60. The number of benzene rings is 4. The Morgan fingerprint density at radius 3 is 2.29 bits per heavy atom. The molecule has 0 unspecified atom stereocenters. The van der Waals surface area contributed by atoms with E-state index in [4.69, 9.17) is 9.47 Å². The van der Waals surface area contributed by atoms with Gasteiger partial charge < -0.3 is 9.47 Å². The quantitative estimate of drug-likeness (QED) is 0.224. The molecule has 1 aromatic heterocycles. The molecule has 1 N–H and O–H groups in total. The number of aryl methyl sites for hydroxylation is 1. The fourth-order valence-corrected chi connectivity index (χ4v) is 4.83. The Kier molecular flexibility index (Phi) is 7.06. The van der Waals surface area contributed by atoms with Gasteiger partial charge in [0.2, 0.25) is 0 Å². The Morgan fingerprint density at radius 1 is 0.816 bits per heavy atom. The summed E-state index contributed by atoms with van der Waals surface area (Å²) in [4.78, 5) is 9.38. The van der Waals surface area contributed by atoms with Gasteiger partial charge in [0.1, 0.15) is 17.2 Å². The summed E-state index contributed by atoms with van der Waals surface area (Å²) in [6.45, 7) is 1.90. The number of sulfonamides is 1. The summed E-state index contributed by atoms with van der Waals surface area (Å²) in [5.41, 5.74) is 3.13. The number of methoxy groups -OCH3 is 1. The maximum Gasteiger partial charge on any atom is 0.261 e. The van der Waals surface area contributed by atoms with E-state index in [2.05, 4.69) is 14.7 Å². The molecule has 0 atom stereocenters. The van der Waals surface area contributed by atoms with Crippen molar-refractivity contribution >= 4 is 38.5 Å². The Morgan fingerprint density at radius 2 is 1.53 bits per heavy atom. The van der Waals surface area contributed by atoms with Crippen molar-refractivity contribution in [3.05, 3.63) is 114 Å². The van der Waals surface area contributed by atoms with Crippen molar-refractivity contribution in [3.63, 3.8) is 0 Å². The molecular formula is C30H25N3O4S. The number of pyridine rings is 1. The molecule has 0 bridgehead atoms. The fraction of sp³-hybridized carbons (Fsp3) is 0.0667. The van der Waals surface area contributed by atoms with Crippen LogP contribution < -0.4 is 14.2 Å². The summed E-state index contributed by atoms with van der Waals surface area (Å²) in [6, 6.07) is 30.4. The van der Waals surface area contributed by atoms with Gasteiger partial charge in [0.25, 0.3) is 10.0 Å². The predicted molar refractivity (Wildman–Crippen MR) is 150 cm³/mol. The number of aromatic nitrogens is 1. The van der Waals surface area contributed by atoms with Crippen molar-refractivity contribution in [2.24, 2.45) is 4.99 Å². The molecule has 7 nitrogen and oxygen atoms in total. The van der Waals surface area contributed by atoms with Crippen LogP contribution in [0.15, 0.2) is 113 Å². The Bertz CT molecular complexity index is 1720. The zero-order chi connectivity index (χ0) is 26.5. The van der Waals surface area contributed by atoms with Crippen LogP contribution in [-0.2, 0) is 10.0 Å². The number of fused-ring (bicyclic) bond motifs is 1. The maximum atomic E-state index is 13.1. The smallest absolute Gasteiger partial charge is 0.261 e. The second-order valence-electron chi connectivity index (χ2n) is 8.56. The third kappa shape index (κ3) is 5.82. The molecule has 0 spiro atoms. The number of anilines is 1. The van der Waals surface area contributed by atoms with Gasteiger partial charge in [-0.1, -0.05) is 42.0 Å². The van der Waals surface area contributed by atoms with Gasteiger partial charge >= 0.3 is 0 Å². The molecule has 1 heterocycles. The minimum absolute atomic E-state index is 0.160. The zero-order valence-electron chi connectivity index (χ0n) is 20.8. The summed E-state index contributed by atoms with van der Waals surface area (Å²) in [5.74, 6) is 1.81. The third-order valence-electron chi connectivity index (χ3n) is 5.80. The number of hydrogen-bond donors (Lipinski definition) is 1. The molecule has 4 aromatic carbocycles. The van der Waals surface area contributed by atoms with E-state index in [-0.39, 0.29) is 4.90 Å². The van der Waals surface area contributed by atoms with Crippen LogP contribution in [0.2, 0.25) is 0 Å². The molecule has 5 aromatic rings. The first-order valence-corrected chi connectivity index (χ1v) is 13.3. The van der Waals surface area contributed by atoms with Crippen LogP contribution in [-0.4, -0.2) is 26.7 Å². The average Bonchev–Trinajstić information content (AvgIpc) is 2.93. The van der Waals surface area contributed by atoms with Gasteiger partial charge in [-0.15, -0.1) is 0 Å². The molecule has 0 aliphatic rings. The van der Waals surface area contributed by atoms with Crippen molar-refractivity contribution in [2.75, 3.05) is 11.8 Å². The van der Waals surface area contributed by atoms with Crippen LogP contribution in [0.25, 0.3) is 10.9 Å². The van der Waals surface area contributed by atoms with Crippen molar-refractivity contribution < 1.29 is 17.9 Å². The maximum absolute atomic E-state index is 13.1. The van der Waals surface area contributed by atoms with Crippen LogP contribution in [0.4, 0.5) is 11.4 Å². The lowest BCUT2D eigenvalue weighted by molar-refractivity contribution is 0.413. The highest BCUT2D eigenvalue weighted by molar-refractivity contribution is 7.92. The third-order valence-corrected chi connectivity index (χ3v) is 7.18. The number of nitrogens with zero attached hydrogens (tertiary/aromatic N) is 2. The minimum Gasteiger partial charge on any atom is -0.497 e. The van der Waals surface area contributed by atoms with Crippen molar-refractivity contribution in [1.82, 2.24) is 4.98 Å². The first-order chi connectivity index (χ1) is 18.4. The second-order valence-corrected chi connectivity index (χ2v) is 10.2. The fourth-order valence-electron chi connectivity index (χ4n) is 3.76. The number of aliphatic imine (C=N–C) groups is 1. The highest BCUT2D eigenvalue weighted by Gasteiger charge is 2.16. The van der Waals surface area contributed by atoms with Gasteiger partial charge in [-0.05, 0) is 67.6 Å². The predicted octanol–water partition coefficient (Wildman–Crippen LogP) is 6.90. The van der Waals surface area contributed by atoms with Gasteiger partial charge in [-0.2, -0.15) is 0 Å². The summed E-state index contributed by atoms with van der Waals surface area (Å²) < 4.78 is 40.1. The summed E-state index contributed by atoms with van der Waals surface area (Å²) in [5, 5.41) is 1.02. The lowest BCUT2D eigenvalue weighted by Gasteiger charge is -2.13. The molecule has 0 amide bonds. The molecule has 0 saturated heterocycles. The van der Waals surface area contributed by atoms with Crippen molar-refractivity contribution in [3.8, 4) is 17.2 Å². The monoisotopic (exact) mass is 523 g/mol. The summed E-state index contributed by atoms with van der Waals surface area (Å²) in [7, 11) is -2.24. The van der Waals surface area contributed by atoms with Crippen LogP contribution in [0.5, 0.6) is 17.2 Å². The topological polar surface area (TPSA) is 89.9 Å². The molecular weight excluding hydrogens is 498 g/mol. The standard InChI is InChI=1S/C30H25N3O4S/c1-21-7-16-27(17-8-21)38(34,35)33-29-18-15-26(37-25-13-11-24(36-2)12-14-25)19-30(29)31-20-23-10-9-22-5-3-4-6-28(22)32-23/h3-20,33H,1-2H3.